The highest BCUT2D eigenvalue weighted by atomic mass is 14.3. The van der Waals surface area contributed by atoms with Gasteiger partial charge in [0.1, 0.15) is 0 Å². The second-order valence-corrected chi connectivity index (χ2v) is 4.61. The zero-order chi connectivity index (χ0) is 10.8. The first-order valence-electron chi connectivity index (χ1n) is 6.05. The summed E-state index contributed by atoms with van der Waals surface area (Å²) in [5.41, 5.74) is 2.90. The predicted octanol–water partition coefficient (Wildman–Crippen LogP) is 4.22. The third-order valence-electron chi connectivity index (χ3n) is 3.52. The molecule has 2 bridgehead atoms. The zero-order valence-corrected chi connectivity index (χ0v) is 9.34. The first-order valence-corrected chi connectivity index (χ1v) is 6.05. The predicted molar refractivity (Wildman–Crippen MR) is 68.9 cm³/mol. The van der Waals surface area contributed by atoms with Crippen LogP contribution in [-0.4, -0.2) is 0 Å². The summed E-state index contributed by atoms with van der Waals surface area (Å²) in [5.74, 6) is 1.25. The molecule has 1 aromatic rings. The van der Waals surface area contributed by atoms with Crippen molar-refractivity contribution >= 4 is 5.57 Å². The molecule has 0 heterocycles. The second-order valence-electron chi connectivity index (χ2n) is 4.61. The van der Waals surface area contributed by atoms with E-state index in [9.17, 15) is 0 Å². The van der Waals surface area contributed by atoms with E-state index in [-0.39, 0.29) is 0 Å². The van der Waals surface area contributed by atoms with Crippen molar-refractivity contribution in [1.82, 2.24) is 0 Å². The summed E-state index contributed by atoms with van der Waals surface area (Å²) in [7, 11) is 0. The fourth-order valence-electron chi connectivity index (χ4n) is 2.66. The van der Waals surface area contributed by atoms with Gasteiger partial charge in [0.25, 0.3) is 0 Å². The van der Waals surface area contributed by atoms with E-state index >= 15 is 0 Å². The number of allylic oxidation sites excluding steroid dienone is 6. The van der Waals surface area contributed by atoms with Crippen molar-refractivity contribution in [3.63, 3.8) is 0 Å². The maximum atomic E-state index is 2.45. The smallest absolute Gasteiger partial charge is 0.00244 e. The molecule has 80 valence electrons. The Bertz CT molecular complexity index is 448. The first kappa shape index (κ1) is 9.65. The lowest BCUT2D eigenvalue weighted by Gasteiger charge is -2.27. The summed E-state index contributed by atoms with van der Waals surface area (Å²) in [6.07, 6.45) is 14.1. The van der Waals surface area contributed by atoms with Gasteiger partial charge < -0.3 is 0 Å². The van der Waals surface area contributed by atoms with Crippen molar-refractivity contribution in [2.24, 2.45) is 11.8 Å². The van der Waals surface area contributed by atoms with Gasteiger partial charge in [0.05, 0.1) is 0 Å². The Kier molecular flexibility index (Phi) is 2.49. The molecule has 0 saturated carbocycles. The molecule has 0 amide bonds. The molecule has 4 rings (SSSR count). The number of rotatable bonds is 1. The molecule has 0 saturated heterocycles. The average Bonchev–Trinajstić information content (AvgIpc) is 2.30. The van der Waals surface area contributed by atoms with Gasteiger partial charge in [-0.1, -0.05) is 60.7 Å². The lowest BCUT2D eigenvalue weighted by atomic mass is 9.78. The standard InChI is InChI=1S/C16H16/c1-2-7-14(8-3-1)16-12-13-6-4-5-9-15(16)11-10-13/h1-9,12-13,15H,10-11H2/b6-4?,9-5-/t13-,15+/m0/s1. The Morgan fingerprint density at radius 3 is 2.56 bits per heavy atom. The van der Waals surface area contributed by atoms with E-state index in [1.54, 1.807) is 0 Å². The molecule has 16 heavy (non-hydrogen) atoms. The van der Waals surface area contributed by atoms with E-state index in [2.05, 4.69) is 60.7 Å². The van der Waals surface area contributed by atoms with Crippen molar-refractivity contribution in [2.75, 3.05) is 0 Å². The van der Waals surface area contributed by atoms with E-state index in [0.717, 1.165) is 0 Å². The molecule has 0 nitrogen and oxygen atoms in total. The Labute approximate surface area is 97.0 Å². The van der Waals surface area contributed by atoms with Crippen LogP contribution in [0.3, 0.4) is 0 Å². The van der Waals surface area contributed by atoms with Crippen molar-refractivity contribution in [3.05, 3.63) is 66.3 Å². The van der Waals surface area contributed by atoms with Gasteiger partial charge in [0.2, 0.25) is 0 Å². The lowest BCUT2D eigenvalue weighted by Crippen LogP contribution is -2.12. The zero-order valence-electron chi connectivity index (χ0n) is 9.34. The van der Waals surface area contributed by atoms with E-state index in [1.807, 2.05) is 0 Å². The van der Waals surface area contributed by atoms with Gasteiger partial charge in [-0.2, -0.15) is 0 Å². The molecule has 3 aliphatic carbocycles. The molecular weight excluding hydrogens is 192 g/mol. The fraction of sp³-hybridized carbons (Fsp3) is 0.250. The van der Waals surface area contributed by atoms with Gasteiger partial charge in [0, 0.05) is 5.92 Å². The van der Waals surface area contributed by atoms with Gasteiger partial charge in [-0.15, -0.1) is 0 Å². The van der Waals surface area contributed by atoms with Crippen LogP contribution >= 0.6 is 0 Å². The van der Waals surface area contributed by atoms with Gasteiger partial charge in [0.15, 0.2) is 0 Å². The summed E-state index contributed by atoms with van der Waals surface area (Å²) < 4.78 is 0. The number of hydrogen-bond donors (Lipinski definition) is 0. The number of benzene rings is 1. The van der Waals surface area contributed by atoms with E-state index < -0.39 is 0 Å². The topological polar surface area (TPSA) is 0 Å². The first-order chi connectivity index (χ1) is 7.93. The molecule has 0 aromatic heterocycles. The summed E-state index contributed by atoms with van der Waals surface area (Å²) in [4.78, 5) is 0. The molecule has 1 aromatic carbocycles. The van der Waals surface area contributed by atoms with Gasteiger partial charge >= 0.3 is 0 Å². The second kappa shape index (κ2) is 4.13. The van der Waals surface area contributed by atoms with Gasteiger partial charge in [-0.25, -0.2) is 0 Å². The van der Waals surface area contributed by atoms with Crippen molar-refractivity contribution in [3.8, 4) is 0 Å². The molecule has 0 fully saturated rings. The minimum absolute atomic E-state index is 0.614. The summed E-state index contributed by atoms with van der Waals surface area (Å²) in [6.45, 7) is 0. The van der Waals surface area contributed by atoms with Crippen LogP contribution in [0.15, 0.2) is 60.7 Å². The summed E-state index contributed by atoms with van der Waals surface area (Å²) >= 11 is 0. The molecule has 0 heteroatoms. The van der Waals surface area contributed by atoms with Crippen LogP contribution in [0.2, 0.25) is 0 Å². The molecule has 0 spiro atoms. The van der Waals surface area contributed by atoms with Crippen molar-refractivity contribution in [1.29, 1.82) is 0 Å². The van der Waals surface area contributed by atoms with Crippen molar-refractivity contribution < 1.29 is 0 Å². The fourth-order valence-corrected chi connectivity index (χ4v) is 2.66. The highest BCUT2D eigenvalue weighted by molar-refractivity contribution is 5.70. The molecule has 3 aliphatic rings. The summed E-state index contributed by atoms with van der Waals surface area (Å²) in [6, 6.07) is 10.8. The molecule has 2 atom stereocenters. The quantitative estimate of drug-likeness (QED) is 0.648. The largest absolute Gasteiger partial charge is 0.0776 e. The van der Waals surface area contributed by atoms with Crippen molar-refractivity contribution in [2.45, 2.75) is 12.8 Å². The minimum atomic E-state index is 0.614. The van der Waals surface area contributed by atoms with Crippen LogP contribution in [0.1, 0.15) is 18.4 Å². The third-order valence-corrected chi connectivity index (χ3v) is 3.52. The maximum absolute atomic E-state index is 2.45. The van der Waals surface area contributed by atoms with Crippen LogP contribution < -0.4 is 0 Å². The van der Waals surface area contributed by atoms with Crippen LogP contribution in [0.25, 0.3) is 5.57 Å². The number of fused-ring (bicyclic) bond motifs is 2. The Hall–Kier alpha value is -1.56. The summed E-state index contributed by atoms with van der Waals surface area (Å²) in [5, 5.41) is 0. The van der Waals surface area contributed by atoms with E-state index in [0.29, 0.717) is 11.8 Å². The van der Waals surface area contributed by atoms with Crippen LogP contribution in [-0.2, 0) is 0 Å². The molecule has 0 aliphatic heterocycles. The Morgan fingerprint density at radius 1 is 0.875 bits per heavy atom. The SMILES string of the molecule is C1=C[C@@H]2C=C(c3ccccc3)[C@H](/C=C\1)CC2. The highest BCUT2D eigenvalue weighted by Gasteiger charge is 2.21. The average molecular weight is 208 g/mol. The molecule has 0 radical (unpaired) electrons. The molecule has 0 N–H and O–H groups in total. The van der Waals surface area contributed by atoms with Crippen LogP contribution in [0.4, 0.5) is 0 Å². The van der Waals surface area contributed by atoms with Gasteiger partial charge in [-0.3, -0.25) is 0 Å². The van der Waals surface area contributed by atoms with E-state index in [4.69, 9.17) is 0 Å². The van der Waals surface area contributed by atoms with Gasteiger partial charge in [-0.05, 0) is 29.9 Å². The number of hydrogen-bond acceptors (Lipinski definition) is 0. The maximum Gasteiger partial charge on any atom is 0.00244 e. The van der Waals surface area contributed by atoms with E-state index in [1.165, 1.54) is 24.0 Å². The minimum Gasteiger partial charge on any atom is -0.0776 e. The highest BCUT2D eigenvalue weighted by Crippen LogP contribution is 2.37. The molecule has 0 unspecified atom stereocenters. The Balaban J connectivity index is 2.05. The van der Waals surface area contributed by atoms with Crippen LogP contribution in [0.5, 0.6) is 0 Å². The Morgan fingerprint density at radius 2 is 1.69 bits per heavy atom. The monoisotopic (exact) mass is 208 g/mol. The van der Waals surface area contributed by atoms with Crippen LogP contribution in [0, 0.1) is 11.8 Å². The lowest BCUT2D eigenvalue weighted by molar-refractivity contribution is 0.573. The third kappa shape index (κ3) is 1.76. The molecular formula is C16H16. The normalized spacial score (nSPS) is 29.4.